The van der Waals surface area contributed by atoms with E-state index in [4.69, 9.17) is 16.3 Å². The molecule has 20 heavy (non-hydrogen) atoms. The van der Waals surface area contributed by atoms with Gasteiger partial charge in [0.2, 0.25) is 10.0 Å². The van der Waals surface area contributed by atoms with Crippen molar-refractivity contribution < 1.29 is 21.9 Å². The smallest absolute Gasteiger partial charge is 0.246 e. The molecule has 0 N–H and O–H groups in total. The van der Waals surface area contributed by atoms with Crippen molar-refractivity contribution in [3.05, 3.63) is 29.8 Å². The third-order valence-electron chi connectivity index (χ3n) is 2.98. The van der Waals surface area contributed by atoms with E-state index < -0.39 is 32.7 Å². The fourth-order valence-corrected chi connectivity index (χ4v) is 3.87. The molecule has 8 heteroatoms. The van der Waals surface area contributed by atoms with Crippen molar-refractivity contribution >= 4 is 21.6 Å². The highest BCUT2D eigenvalue weighted by Crippen LogP contribution is 2.24. The second-order valence-corrected chi connectivity index (χ2v) is 6.83. The lowest BCUT2D eigenvalue weighted by molar-refractivity contribution is -0.0423. The quantitative estimate of drug-likeness (QED) is 0.798. The minimum absolute atomic E-state index is 0.0486. The number of ether oxygens (including phenoxy) is 1. The van der Waals surface area contributed by atoms with Gasteiger partial charge >= 0.3 is 0 Å². The van der Waals surface area contributed by atoms with Crippen molar-refractivity contribution in [2.24, 2.45) is 0 Å². The molecule has 1 aromatic carbocycles. The van der Waals surface area contributed by atoms with Crippen LogP contribution in [0.1, 0.15) is 6.92 Å². The van der Waals surface area contributed by atoms with Crippen molar-refractivity contribution in [1.29, 1.82) is 0 Å². The summed E-state index contributed by atoms with van der Waals surface area (Å²) >= 11 is 5.69. The molecule has 0 amide bonds. The molecular weight excluding hydrogens is 312 g/mol. The van der Waals surface area contributed by atoms with Gasteiger partial charge in [0.05, 0.1) is 12.2 Å². The van der Waals surface area contributed by atoms with Crippen LogP contribution in [0, 0.1) is 11.6 Å². The van der Waals surface area contributed by atoms with E-state index in [1.165, 1.54) is 0 Å². The lowest BCUT2D eigenvalue weighted by Gasteiger charge is -2.35. The molecular formula is C12H14ClF2NO3S. The van der Waals surface area contributed by atoms with Gasteiger partial charge < -0.3 is 4.74 Å². The van der Waals surface area contributed by atoms with E-state index in [1.54, 1.807) is 6.92 Å². The van der Waals surface area contributed by atoms with Gasteiger partial charge in [0.25, 0.3) is 0 Å². The molecule has 0 radical (unpaired) electrons. The van der Waals surface area contributed by atoms with E-state index in [0.717, 1.165) is 16.4 Å². The van der Waals surface area contributed by atoms with E-state index in [2.05, 4.69) is 0 Å². The normalized spacial score (nSPS) is 24.8. The number of rotatable bonds is 3. The number of morpholine rings is 1. The van der Waals surface area contributed by atoms with Crippen LogP contribution in [0.2, 0.25) is 0 Å². The van der Waals surface area contributed by atoms with Crippen LogP contribution in [0.4, 0.5) is 8.78 Å². The zero-order valence-corrected chi connectivity index (χ0v) is 12.3. The Morgan fingerprint density at radius 3 is 2.70 bits per heavy atom. The second kappa shape index (κ2) is 5.93. The summed E-state index contributed by atoms with van der Waals surface area (Å²) in [5, 5.41) is 0. The van der Waals surface area contributed by atoms with E-state index in [-0.39, 0.29) is 25.1 Å². The maximum Gasteiger partial charge on any atom is 0.246 e. The zero-order chi connectivity index (χ0) is 14.9. The molecule has 0 aromatic heterocycles. The summed E-state index contributed by atoms with van der Waals surface area (Å²) < 4.78 is 57.9. The van der Waals surface area contributed by atoms with Gasteiger partial charge in [-0.25, -0.2) is 17.2 Å². The van der Waals surface area contributed by atoms with Crippen LogP contribution in [0.5, 0.6) is 0 Å². The summed E-state index contributed by atoms with van der Waals surface area (Å²) in [5.41, 5.74) is 0. The molecule has 2 unspecified atom stereocenters. The average molecular weight is 326 g/mol. The molecule has 1 heterocycles. The Morgan fingerprint density at radius 1 is 1.40 bits per heavy atom. The lowest BCUT2D eigenvalue weighted by atomic mass is 10.3. The van der Waals surface area contributed by atoms with Crippen molar-refractivity contribution in [3.63, 3.8) is 0 Å². The Balaban J connectivity index is 2.34. The highest BCUT2D eigenvalue weighted by atomic mass is 35.5. The van der Waals surface area contributed by atoms with Crippen LogP contribution in [-0.2, 0) is 14.8 Å². The highest BCUT2D eigenvalue weighted by Gasteiger charge is 2.35. The van der Waals surface area contributed by atoms with Crippen molar-refractivity contribution in [3.8, 4) is 0 Å². The maximum absolute atomic E-state index is 13.7. The summed E-state index contributed by atoms with van der Waals surface area (Å²) in [6, 6.07) is 2.39. The molecule has 1 saturated heterocycles. The molecule has 1 fully saturated rings. The summed E-state index contributed by atoms with van der Waals surface area (Å²) in [5.74, 6) is -1.79. The monoisotopic (exact) mass is 325 g/mol. The summed E-state index contributed by atoms with van der Waals surface area (Å²) in [6.07, 6.45) is -0.788. The van der Waals surface area contributed by atoms with Gasteiger partial charge in [-0.15, -0.1) is 11.6 Å². The second-order valence-electron chi connectivity index (χ2n) is 4.62. The first-order valence-electron chi connectivity index (χ1n) is 6.01. The Kier molecular flexibility index (Phi) is 4.63. The van der Waals surface area contributed by atoms with Crippen LogP contribution in [0.3, 0.4) is 0 Å². The maximum atomic E-state index is 13.7. The van der Waals surface area contributed by atoms with Gasteiger partial charge in [0, 0.05) is 25.0 Å². The number of hydrogen-bond donors (Lipinski definition) is 0. The van der Waals surface area contributed by atoms with Crippen LogP contribution >= 0.6 is 11.6 Å². The SMILES string of the molecule is CC1CN(S(=O)(=O)c2ccc(F)cc2F)CC(CCl)O1. The van der Waals surface area contributed by atoms with Crippen LogP contribution in [0.15, 0.2) is 23.1 Å². The molecule has 0 saturated carbocycles. The first-order valence-corrected chi connectivity index (χ1v) is 7.98. The van der Waals surface area contributed by atoms with Crippen molar-refractivity contribution in [1.82, 2.24) is 4.31 Å². The molecule has 2 atom stereocenters. The predicted octanol–water partition coefficient (Wildman–Crippen LogP) is 1.98. The fraction of sp³-hybridized carbons (Fsp3) is 0.500. The molecule has 112 valence electrons. The number of sulfonamides is 1. The van der Waals surface area contributed by atoms with Gasteiger partial charge in [0.1, 0.15) is 16.5 Å². The van der Waals surface area contributed by atoms with Crippen molar-refractivity contribution in [2.45, 2.75) is 24.0 Å². The van der Waals surface area contributed by atoms with Gasteiger partial charge in [0.15, 0.2) is 0 Å². The Hall–Kier alpha value is -0.760. The van der Waals surface area contributed by atoms with E-state index in [1.807, 2.05) is 0 Å². The van der Waals surface area contributed by atoms with Crippen LogP contribution in [-0.4, -0.2) is 43.9 Å². The summed E-state index contributed by atoms with van der Waals surface area (Å²) in [6.45, 7) is 1.86. The molecule has 1 aliphatic heterocycles. The van der Waals surface area contributed by atoms with Gasteiger partial charge in [-0.05, 0) is 19.1 Å². The van der Waals surface area contributed by atoms with E-state index in [9.17, 15) is 17.2 Å². The Morgan fingerprint density at radius 2 is 2.10 bits per heavy atom. The summed E-state index contributed by atoms with van der Waals surface area (Å²) in [7, 11) is -4.03. The highest BCUT2D eigenvalue weighted by molar-refractivity contribution is 7.89. The first-order chi connectivity index (χ1) is 9.34. The summed E-state index contributed by atoms with van der Waals surface area (Å²) in [4.78, 5) is -0.540. The number of benzene rings is 1. The number of nitrogens with zero attached hydrogens (tertiary/aromatic N) is 1. The average Bonchev–Trinajstić information content (AvgIpc) is 2.37. The van der Waals surface area contributed by atoms with Gasteiger partial charge in [-0.3, -0.25) is 0 Å². The fourth-order valence-electron chi connectivity index (χ4n) is 2.11. The van der Waals surface area contributed by atoms with Crippen molar-refractivity contribution in [2.75, 3.05) is 19.0 Å². The largest absolute Gasteiger partial charge is 0.371 e. The van der Waals surface area contributed by atoms with Gasteiger partial charge in [-0.2, -0.15) is 4.31 Å². The van der Waals surface area contributed by atoms with E-state index in [0.29, 0.717) is 6.07 Å². The molecule has 1 aromatic rings. The number of halogens is 3. The molecule has 4 nitrogen and oxygen atoms in total. The lowest BCUT2D eigenvalue weighted by Crippen LogP contribution is -2.49. The van der Waals surface area contributed by atoms with Crippen LogP contribution in [0.25, 0.3) is 0 Å². The Labute approximate surface area is 121 Å². The number of hydrogen-bond acceptors (Lipinski definition) is 3. The minimum Gasteiger partial charge on any atom is -0.371 e. The molecule has 0 spiro atoms. The molecule has 0 bridgehead atoms. The predicted molar refractivity (Wildman–Crippen MR) is 70.2 cm³/mol. The Bertz CT molecular complexity index is 596. The topological polar surface area (TPSA) is 46.6 Å². The first kappa shape index (κ1) is 15.6. The van der Waals surface area contributed by atoms with Crippen LogP contribution < -0.4 is 0 Å². The minimum atomic E-state index is -4.03. The van der Waals surface area contributed by atoms with Gasteiger partial charge in [-0.1, -0.05) is 0 Å². The number of alkyl halides is 1. The third-order valence-corrected chi connectivity index (χ3v) is 5.19. The standard InChI is InChI=1S/C12H14ClF2NO3S/c1-8-6-16(7-10(5-13)19-8)20(17,18)12-3-2-9(14)4-11(12)15/h2-4,8,10H,5-7H2,1H3. The third kappa shape index (κ3) is 3.11. The molecule has 0 aliphatic carbocycles. The zero-order valence-electron chi connectivity index (χ0n) is 10.7. The molecule has 1 aliphatic rings. The van der Waals surface area contributed by atoms with E-state index >= 15 is 0 Å². The molecule has 2 rings (SSSR count).